The summed E-state index contributed by atoms with van der Waals surface area (Å²) in [6, 6.07) is 1.94. The van der Waals surface area contributed by atoms with Gasteiger partial charge < -0.3 is 11.1 Å². The molecule has 1 aliphatic rings. The highest BCUT2D eigenvalue weighted by Crippen LogP contribution is 2.24. The number of hydrogen-bond donors (Lipinski definition) is 2. The lowest BCUT2D eigenvalue weighted by Crippen LogP contribution is -2.27. The summed E-state index contributed by atoms with van der Waals surface area (Å²) < 4.78 is 0. The van der Waals surface area contributed by atoms with Gasteiger partial charge in [0.1, 0.15) is 11.6 Å². The van der Waals surface area contributed by atoms with E-state index in [1.165, 1.54) is 0 Å². The first-order valence-electron chi connectivity index (χ1n) is 6.49. The van der Waals surface area contributed by atoms with Crippen LogP contribution in [0.1, 0.15) is 44.1 Å². The number of rotatable bonds is 3. The summed E-state index contributed by atoms with van der Waals surface area (Å²) in [6.07, 6.45) is 3.21. The Morgan fingerprint density at radius 3 is 2.71 bits per heavy atom. The van der Waals surface area contributed by atoms with Crippen LogP contribution < -0.4 is 11.1 Å². The molecular formula is C13H22N4. The summed E-state index contributed by atoms with van der Waals surface area (Å²) in [6.45, 7) is 6.51. The number of hydrogen-bond acceptors (Lipinski definition) is 4. The van der Waals surface area contributed by atoms with Crippen LogP contribution in [0.25, 0.3) is 0 Å². The first-order chi connectivity index (χ1) is 8.15. The van der Waals surface area contributed by atoms with Gasteiger partial charge in [0.2, 0.25) is 0 Å². The highest BCUT2D eigenvalue weighted by molar-refractivity contribution is 5.31. The second-order valence-electron chi connectivity index (χ2n) is 5.26. The molecule has 0 spiro atoms. The van der Waals surface area contributed by atoms with Crippen molar-refractivity contribution in [2.24, 2.45) is 5.92 Å². The highest BCUT2D eigenvalue weighted by Gasteiger charge is 2.18. The zero-order valence-corrected chi connectivity index (χ0v) is 10.7. The molecule has 1 saturated heterocycles. The van der Waals surface area contributed by atoms with Crippen LogP contribution in [-0.2, 0) is 6.42 Å². The fraction of sp³-hybridized carbons (Fsp3) is 0.692. The van der Waals surface area contributed by atoms with Gasteiger partial charge >= 0.3 is 0 Å². The fourth-order valence-electron chi connectivity index (χ4n) is 2.32. The molecule has 0 saturated carbocycles. The van der Waals surface area contributed by atoms with Crippen molar-refractivity contribution in [3.63, 3.8) is 0 Å². The first-order valence-corrected chi connectivity index (χ1v) is 6.49. The number of nitrogens with two attached hydrogens (primary N) is 1. The number of anilines is 1. The van der Waals surface area contributed by atoms with E-state index in [0.29, 0.717) is 17.7 Å². The van der Waals surface area contributed by atoms with Gasteiger partial charge in [-0.2, -0.15) is 0 Å². The van der Waals surface area contributed by atoms with E-state index in [1.54, 1.807) is 0 Å². The standard InChI is InChI=1S/C13H22N4/c1-9(2)7-13-16-11(8-12(14)17-13)10-3-5-15-6-4-10/h8-10,15H,3-7H2,1-2H3,(H2,14,16,17). The van der Waals surface area contributed by atoms with E-state index in [9.17, 15) is 0 Å². The molecule has 0 radical (unpaired) electrons. The molecule has 0 unspecified atom stereocenters. The van der Waals surface area contributed by atoms with Crippen LogP contribution in [0.5, 0.6) is 0 Å². The zero-order chi connectivity index (χ0) is 12.3. The van der Waals surface area contributed by atoms with Crippen molar-refractivity contribution in [1.29, 1.82) is 0 Å². The molecule has 1 aliphatic heterocycles. The number of piperidine rings is 1. The molecule has 0 aromatic carbocycles. The predicted octanol–water partition coefficient (Wildman–Crippen LogP) is 1.72. The summed E-state index contributed by atoms with van der Waals surface area (Å²) >= 11 is 0. The second-order valence-corrected chi connectivity index (χ2v) is 5.26. The molecule has 1 aromatic heterocycles. The summed E-state index contributed by atoms with van der Waals surface area (Å²) in [7, 11) is 0. The monoisotopic (exact) mass is 234 g/mol. The van der Waals surface area contributed by atoms with E-state index in [2.05, 4.69) is 29.1 Å². The van der Waals surface area contributed by atoms with Crippen molar-refractivity contribution in [1.82, 2.24) is 15.3 Å². The lowest BCUT2D eigenvalue weighted by Gasteiger charge is -2.22. The summed E-state index contributed by atoms with van der Waals surface area (Å²) in [4.78, 5) is 9.00. The average molecular weight is 234 g/mol. The Hall–Kier alpha value is -1.16. The maximum absolute atomic E-state index is 5.88. The minimum absolute atomic E-state index is 0.549. The van der Waals surface area contributed by atoms with E-state index >= 15 is 0 Å². The Kier molecular flexibility index (Phi) is 3.94. The van der Waals surface area contributed by atoms with Gasteiger partial charge in [0.05, 0.1) is 0 Å². The van der Waals surface area contributed by atoms with Gasteiger partial charge in [0, 0.05) is 24.1 Å². The largest absolute Gasteiger partial charge is 0.384 e. The minimum Gasteiger partial charge on any atom is -0.384 e. The third-order valence-corrected chi connectivity index (χ3v) is 3.16. The SMILES string of the molecule is CC(C)Cc1nc(N)cc(C2CCNCC2)n1. The van der Waals surface area contributed by atoms with Crippen LogP contribution in [0.15, 0.2) is 6.07 Å². The Bertz CT molecular complexity index is 370. The molecular weight excluding hydrogens is 212 g/mol. The van der Waals surface area contributed by atoms with Gasteiger partial charge in [-0.3, -0.25) is 0 Å². The third kappa shape index (κ3) is 3.40. The maximum atomic E-state index is 5.88. The number of nitrogens with zero attached hydrogens (tertiary/aromatic N) is 2. The molecule has 94 valence electrons. The van der Waals surface area contributed by atoms with Gasteiger partial charge in [0.25, 0.3) is 0 Å². The minimum atomic E-state index is 0.549. The van der Waals surface area contributed by atoms with Crippen molar-refractivity contribution in [3.05, 3.63) is 17.6 Å². The number of aromatic nitrogens is 2. The number of nitrogens with one attached hydrogen (secondary N) is 1. The predicted molar refractivity (Wildman–Crippen MR) is 69.8 cm³/mol. The van der Waals surface area contributed by atoms with Crippen LogP contribution in [0.2, 0.25) is 0 Å². The molecule has 2 rings (SSSR count). The molecule has 1 fully saturated rings. The molecule has 2 heterocycles. The van der Waals surface area contributed by atoms with Crippen molar-refractivity contribution in [2.45, 2.75) is 39.0 Å². The smallest absolute Gasteiger partial charge is 0.131 e. The van der Waals surface area contributed by atoms with Gasteiger partial charge in [-0.05, 0) is 31.8 Å². The molecule has 0 bridgehead atoms. The summed E-state index contributed by atoms with van der Waals surface area (Å²) in [5.74, 6) is 2.63. The van der Waals surface area contributed by atoms with Crippen LogP contribution in [-0.4, -0.2) is 23.1 Å². The van der Waals surface area contributed by atoms with E-state index in [1.807, 2.05) is 6.07 Å². The normalized spacial score (nSPS) is 17.6. The zero-order valence-electron chi connectivity index (χ0n) is 10.7. The summed E-state index contributed by atoms with van der Waals surface area (Å²) in [5.41, 5.74) is 7.01. The Labute approximate surface area is 103 Å². The van der Waals surface area contributed by atoms with Gasteiger partial charge in [-0.1, -0.05) is 13.8 Å². The van der Waals surface area contributed by atoms with Gasteiger partial charge in [-0.25, -0.2) is 9.97 Å². The van der Waals surface area contributed by atoms with Gasteiger partial charge in [0.15, 0.2) is 0 Å². The molecule has 4 nitrogen and oxygen atoms in total. The number of nitrogen functional groups attached to an aromatic ring is 1. The highest BCUT2D eigenvalue weighted by atomic mass is 15.0. The van der Waals surface area contributed by atoms with Crippen LogP contribution in [0.3, 0.4) is 0 Å². The van der Waals surface area contributed by atoms with Crippen molar-refractivity contribution in [2.75, 3.05) is 18.8 Å². The molecule has 4 heteroatoms. The van der Waals surface area contributed by atoms with Crippen LogP contribution in [0.4, 0.5) is 5.82 Å². The Morgan fingerprint density at radius 2 is 2.06 bits per heavy atom. The first kappa shape index (κ1) is 12.3. The lowest BCUT2D eigenvalue weighted by atomic mass is 9.94. The van der Waals surface area contributed by atoms with E-state index in [-0.39, 0.29) is 0 Å². The summed E-state index contributed by atoms with van der Waals surface area (Å²) in [5, 5.41) is 3.37. The Balaban J connectivity index is 2.18. The molecule has 1 aromatic rings. The van der Waals surface area contributed by atoms with Gasteiger partial charge in [-0.15, -0.1) is 0 Å². The van der Waals surface area contributed by atoms with Crippen molar-refractivity contribution in [3.8, 4) is 0 Å². The van der Waals surface area contributed by atoms with Crippen molar-refractivity contribution < 1.29 is 0 Å². The van der Waals surface area contributed by atoms with Crippen LogP contribution in [0, 0.1) is 5.92 Å². The average Bonchev–Trinajstić information content (AvgIpc) is 2.28. The van der Waals surface area contributed by atoms with E-state index in [0.717, 1.165) is 43.9 Å². The molecule has 3 N–H and O–H groups in total. The fourth-order valence-corrected chi connectivity index (χ4v) is 2.32. The quantitative estimate of drug-likeness (QED) is 0.836. The molecule has 0 atom stereocenters. The van der Waals surface area contributed by atoms with Crippen LogP contribution >= 0.6 is 0 Å². The van der Waals surface area contributed by atoms with E-state index in [4.69, 9.17) is 5.73 Å². The van der Waals surface area contributed by atoms with E-state index < -0.39 is 0 Å². The maximum Gasteiger partial charge on any atom is 0.131 e. The topological polar surface area (TPSA) is 63.8 Å². The molecule has 0 amide bonds. The van der Waals surface area contributed by atoms with Crippen molar-refractivity contribution >= 4 is 5.82 Å². The second kappa shape index (κ2) is 5.45. The molecule has 17 heavy (non-hydrogen) atoms. The third-order valence-electron chi connectivity index (χ3n) is 3.16. The Morgan fingerprint density at radius 1 is 1.35 bits per heavy atom. The lowest BCUT2D eigenvalue weighted by molar-refractivity contribution is 0.451. The molecule has 0 aliphatic carbocycles.